The van der Waals surface area contributed by atoms with Crippen molar-refractivity contribution >= 4 is 37.9 Å². The van der Waals surface area contributed by atoms with E-state index in [9.17, 15) is 13.2 Å². The number of sulfone groups is 1. The van der Waals surface area contributed by atoms with Crippen molar-refractivity contribution in [3.8, 4) is 5.75 Å². The summed E-state index contributed by atoms with van der Waals surface area (Å²) in [6.45, 7) is 0. The van der Waals surface area contributed by atoms with E-state index in [1.54, 1.807) is 30.3 Å². The molecule has 2 aromatic heterocycles. The SMILES string of the molecule is O=C(O)Oc1c(CS(=O)(=O)c2ccccc2)ccc2c1ncc1occc12. The quantitative estimate of drug-likeness (QED) is 0.419. The lowest BCUT2D eigenvalue weighted by Gasteiger charge is -2.12. The van der Waals surface area contributed by atoms with Gasteiger partial charge in [-0.15, -0.1) is 0 Å². The van der Waals surface area contributed by atoms with Crippen molar-refractivity contribution in [1.29, 1.82) is 0 Å². The van der Waals surface area contributed by atoms with Crippen molar-refractivity contribution in [3.63, 3.8) is 0 Å². The summed E-state index contributed by atoms with van der Waals surface area (Å²) >= 11 is 0. The molecular weight excluding hydrogens is 370 g/mol. The third-order valence-electron chi connectivity index (χ3n) is 4.15. The van der Waals surface area contributed by atoms with Gasteiger partial charge in [0, 0.05) is 16.3 Å². The second-order valence-electron chi connectivity index (χ2n) is 5.85. The van der Waals surface area contributed by atoms with Crippen LogP contribution in [0.2, 0.25) is 0 Å². The third kappa shape index (κ3) is 3.11. The minimum Gasteiger partial charge on any atom is -0.463 e. The Kier molecular flexibility index (Phi) is 4.04. The summed E-state index contributed by atoms with van der Waals surface area (Å²) < 4.78 is 35.6. The first-order valence-electron chi connectivity index (χ1n) is 7.92. The Morgan fingerprint density at radius 2 is 1.85 bits per heavy atom. The van der Waals surface area contributed by atoms with Crippen LogP contribution >= 0.6 is 0 Å². The molecule has 0 unspecified atom stereocenters. The molecule has 0 aliphatic heterocycles. The van der Waals surface area contributed by atoms with Gasteiger partial charge in [0.25, 0.3) is 0 Å². The molecule has 136 valence electrons. The Hall–Kier alpha value is -3.39. The predicted octanol–water partition coefficient (Wildman–Crippen LogP) is 4.01. The van der Waals surface area contributed by atoms with Crippen LogP contribution in [0.5, 0.6) is 5.75 Å². The van der Waals surface area contributed by atoms with Crippen LogP contribution in [0, 0.1) is 0 Å². The summed E-state index contributed by atoms with van der Waals surface area (Å²) in [6, 6.07) is 12.9. The van der Waals surface area contributed by atoms with Gasteiger partial charge in [-0.25, -0.2) is 18.2 Å². The van der Waals surface area contributed by atoms with E-state index in [0.717, 1.165) is 5.39 Å². The topological polar surface area (TPSA) is 107 Å². The molecule has 0 saturated heterocycles. The molecule has 0 aliphatic rings. The molecule has 4 aromatic rings. The molecule has 0 aliphatic carbocycles. The van der Waals surface area contributed by atoms with E-state index in [4.69, 9.17) is 14.3 Å². The van der Waals surface area contributed by atoms with Crippen molar-refractivity contribution in [2.75, 3.05) is 0 Å². The van der Waals surface area contributed by atoms with Gasteiger partial charge in [0.1, 0.15) is 5.52 Å². The summed E-state index contributed by atoms with van der Waals surface area (Å²) in [5, 5.41) is 10.5. The zero-order chi connectivity index (χ0) is 19.0. The summed E-state index contributed by atoms with van der Waals surface area (Å²) in [5.41, 5.74) is 1.00. The summed E-state index contributed by atoms with van der Waals surface area (Å²) in [6.07, 6.45) is 1.40. The van der Waals surface area contributed by atoms with E-state index >= 15 is 0 Å². The third-order valence-corrected chi connectivity index (χ3v) is 5.83. The van der Waals surface area contributed by atoms with Gasteiger partial charge in [0.15, 0.2) is 21.2 Å². The molecule has 4 rings (SSSR count). The number of ether oxygens (including phenoxy) is 1. The van der Waals surface area contributed by atoms with Crippen LogP contribution in [0.15, 0.2) is 70.3 Å². The zero-order valence-corrected chi connectivity index (χ0v) is 14.6. The van der Waals surface area contributed by atoms with Crippen molar-refractivity contribution in [2.24, 2.45) is 0 Å². The molecule has 1 N–H and O–H groups in total. The minimum atomic E-state index is -3.69. The van der Waals surface area contributed by atoms with E-state index in [1.807, 2.05) is 0 Å². The molecule has 2 aromatic carbocycles. The van der Waals surface area contributed by atoms with Crippen LogP contribution < -0.4 is 4.74 Å². The van der Waals surface area contributed by atoms with Crippen LogP contribution in [0.1, 0.15) is 5.56 Å². The molecule has 8 heteroatoms. The number of hydrogen-bond donors (Lipinski definition) is 1. The van der Waals surface area contributed by atoms with E-state index in [-0.39, 0.29) is 21.7 Å². The van der Waals surface area contributed by atoms with E-state index in [0.29, 0.717) is 11.0 Å². The molecule has 27 heavy (non-hydrogen) atoms. The monoisotopic (exact) mass is 383 g/mol. The predicted molar refractivity (Wildman–Crippen MR) is 97.5 cm³/mol. The van der Waals surface area contributed by atoms with Crippen molar-refractivity contribution in [1.82, 2.24) is 4.98 Å². The number of carboxylic acid groups (broad SMARTS) is 1. The molecule has 2 heterocycles. The van der Waals surface area contributed by atoms with Gasteiger partial charge < -0.3 is 14.3 Å². The Bertz CT molecular complexity index is 1260. The van der Waals surface area contributed by atoms with Crippen LogP contribution in [-0.4, -0.2) is 24.7 Å². The number of rotatable bonds is 4. The molecule has 0 saturated carbocycles. The number of furan rings is 1. The van der Waals surface area contributed by atoms with Crippen molar-refractivity contribution < 1.29 is 27.5 Å². The fraction of sp³-hybridized carbons (Fsp3) is 0.0526. The second-order valence-corrected chi connectivity index (χ2v) is 7.84. The number of nitrogens with zero attached hydrogens (tertiary/aromatic N) is 1. The van der Waals surface area contributed by atoms with Gasteiger partial charge in [0.05, 0.1) is 23.1 Å². The van der Waals surface area contributed by atoms with E-state index in [1.165, 1.54) is 30.7 Å². The second kappa shape index (κ2) is 6.40. The summed E-state index contributed by atoms with van der Waals surface area (Å²) in [4.78, 5) is 15.6. The lowest BCUT2D eigenvalue weighted by molar-refractivity contribution is 0.144. The van der Waals surface area contributed by atoms with Gasteiger partial charge >= 0.3 is 6.16 Å². The standard InChI is InChI=1S/C19H13NO6S/c21-19(22)26-18-12(11-27(23,24)13-4-2-1-3-5-13)6-7-15-14-8-9-25-16(14)10-20-17(15)18/h1-10H,11H2,(H,21,22). The maximum atomic E-state index is 12.7. The van der Waals surface area contributed by atoms with Crippen LogP contribution in [0.25, 0.3) is 21.9 Å². The first kappa shape index (κ1) is 17.0. The van der Waals surface area contributed by atoms with Crippen LogP contribution in [0.4, 0.5) is 4.79 Å². The fourth-order valence-corrected chi connectivity index (χ4v) is 4.33. The first-order chi connectivity index (χ1) is 13.0. The Morgan fingerprint density at radius 3 is 2.59 bits per heavy atom. The number of carbonyl (C=O) groups is 1. The molecule has 0 fully saturated rings. The maximum absolute atomic E-state index is 12.7. The molecule has 7 nitrogen and oxygen atoms in total. The highest BCUT2D eigenvalue weighted by Crippen LogP contribution is 2.35. The van der Waals surface area contributed by atoms with E-state index < -0.39 is 21.7 Å². The van der Waals surface area contributed by atoms with Crippen LogP contribution in [-0.2, 0) is 15.6 Å². The highest BCUT2D eigenvalue weighted by molar-refractivity contribution is 7.90. The fourth-order valence-electron chi connectivity index (χ4n) is 2.96. The molecular formula is C19H13NO6S. The van der Waals surface area contributed by atoms with Crippen LogP contribution in [0.3, 0.4) is 0 Å². The highest BCUT2D eigenvalue weighted by Gasteiger charge is 2.22. The van der Waals surface area contributed by atoms with Gasteiger partial charge in [-0.05, 0) is 18.2 Å². The molecule has 0 bridgehead atoms. The van der Waals surface area contributed by atoms with Gasteiger partial charge in [0.2, 0.25) is 0 Å². The van der Waals surface area contributed by atoms with Gasteiger partial charge in [-0.3, -0.25) is 0 Å². The van der Waals surface area contributed by atoms with Gasteiger partial charge in [-0.2, -0.15) is 0 Å². The molecule has 0 spiro atoms. The number of pyridine rings is 1. The van der Waals surface area contributed by atoms with Crippen molar-refractivity contribution in [3.05, 3.63) is 66.6 Å². The summed E-state index contributed by atoms with van der Waals surface area (Å²) in [5.74, 6) is -0.511. The Morgan fingerprint density at radius 1 is 1.07 bits per heavy atom. The summed E-state index contributed by atoms with van der Waals surface area (Å²) in [7, 11) is -3.69. The van der Waals surface area contributed by atoms with E-state index in [2.05, 4.69) is 4.98 Å². The molecule has 0 amide bonds. The Balaban J connectivity index is 1.89. The largest absolute Gasteiger partial charge is 0.511 e. The number of fused-ring (bicyclic) bond motifs is 3. The zero-order valence-electron chi connectivity index (χ0n) is 13.8. The van der Waals surface area contributed by atoms with Gasteiger partial charge in [-0.1, -0.05) is 30.3 Å². The molecule has 0 radical (unpaired) electrons. The lowest BCUT2D eigenvalue weighted by Crippen LogP contribution is -2.10. The first-order valence-corrected chi connectivity index (χ1v) is 9.57. The highest BCUT2D eigenvalue weighted by atomic mass is 32.2. The minimum absolute atomic E-state index is 0.0948. The number of hydrogen-bond acceptors (Lipinski definition) is 6. The smallest absolute Gasteiger partial charge is 0.463 e. The number of aromatic nitrogens is 1. The average Bonchev–Trinajstić information content (AvgIpc) is 3.13. The molecule has 0 atom stereocenters. The normalized spacial score (nSPS) is 11.7. The Labute approximate surface area is 153 Å². The average molecular weight is 383 g/mol. The lowest BCUT2D eigenvalue weighted by atomic mass is 10.1. The maximum Gasteiger partial charge on any atom is 0.511 e. The number of benzene rings is 2. The van der Waals surface area contributed by atoms with Crippen molar-refractivity contribution in [2.45, 2.75) is 10.6 Å².